The van der Waals surface area contributed by atoms with Crippen LogP contribution in [0.5, 0.6) is 0 Å². The van der Waals surface area contributed by atoms with Crippen LogP contribution in [-0.4, -0.2) is 70.6 Å². The van der Waals surface area contributed by atoms with Crippen LogP contribution in [0.3, 0.4) is 0 Å². The Balaban J connectivity index is 1.29. The first kappa shape index (κ1) is 55.3. The van der Waals surface area contributed by atoms with Gasteiger partial charge in [-0.05, 0) is 113 Å². The summed E-state index contributed by atoms with van der Waals surface area (Å²) in [5.74, 6) is -1.83. The van der Waals surface area contributed by atoms with Crippen molar-refractivity contribution in [1.29, 1.82) is 0 Å². The molecule has 2 aliphatic rings. The van der Waals surface area contributed by atoms with E-state index in [0.717, 1.165) is 33.4 Å². The van der Waals surface area contributed by atoms with Crippen molar-refractivity contribution in [1.82, 2.24) is 9.97 Å². The van der Waals surface area contributed by atoms with E-state index in [4.69, 9.17) is 9.47 Å². The second kappa shape index (κ2) is 25.3. The Kier molecular flexibility index (Phi) is 20.0. The minimum Gasteiger partial charge on any atom is -0.452 e. The van der Waals surface area contributed by atoms with Gasteiger partial charge in [0.2, 0.25) is 12.8 Å². The number of pyridine rings is 2. The lowest BCUT2D eigenvalue weighted by molar-refractivity contribution is -0.157. The van der Waals surface area contributed by atoms with Crippen LogP contribution >= 0.6 is 0 Å². The topological polar surface area (TPSA) is 153 Å². The summed E-state index contributed by atoms with van der Waals surface area (Å²) in [6.45, 7) is 22.7. The molecular weight excluding hydrogens is 881 g/mol. The number of anilines is 2. The van der Waals surface area contributed by atoms with Crippen molar-refractivity contribution in [2.75, 3.05) is 9.80 Å². The molecule has 0 saturated heterocycles. The fourth-order valence-corrected chi connectivity index (χ4v) is 8.23. The van der Waals surface area contributed by atoms with E-state index in [1.165, 1.54) is 22.2 Å². The third kappa shape index (κ3) is 15.1. The predicted molar refractivity (Wildman–Crippen MR) is 277 cm³/mol. The van der Waals surface area contributed by atoms with Gasteiger partial charge in [0, 0.05) is 25.2 Å². The maximum absolute atomic E-state index is 13.4. The minimum absolute atomic E-state index is 0.252. The van der Waals surface area contributed by atoms with Gasteiger partial charge in [0.05, 0.1) is 23.8 Å². The summed E-state index contributed by atoms with van der Waals surface area (Å²) in [7, 11) is 0. The van der Waals surface area contributed by atoms with Gasteiger partial charge in [0.25, 0.3) is 0 Å². The van der Waals surface area contributed by atoms with Gasteiger partial charge in [0.15, 0.2) is 23.8 Å². The quantitative estimate of drug-likeness (QED) is 0.0712. The van der Waals surface area contributed by atoms with E-state index in [0.29, 0.717) is 48.2 Å². The lowest BCUT2D eigenvalue weighted by atomic mass is 9.71. The Morgan fingerprint density at radius 2 is 0.943 bits per heavy atom. The summed E-state index contributed by atoms with van der Waals surface area (Å²) in [6.07, 6.45) is 33.8. The highest BCUT2D eigenvalue weighted by Crippen LogP contribution is 2.42. The number of Topliss-reactive ketones (excluding diaryl/α,β-unsaturated/α-hetero) is 2. The molecule has 0 radical (unpaired) electrons. The number of carbonyl (C=O) groups excluding carboxylic acids is 6. The molecular formula is C58H68N4O8. The molecule has 0 aliphatic heterocycles. The lowest BCUT2D eigenvalue weighted by Crippen LogP contribution is -2.44. The monoisotopic (exact) mass is 949 g/mol. The Labute approximate surface area is 414 Å². The Morgan fingerprint density at radius 1 is 0.600 bits per heavy atom. The maximum atomic E-state index is 13.4. The summed E-state index contributed by atoms with van der Waals surface area (Å²) in [5, 5.41) is 0. The predicted octanol–water partition coefficient (Wildman–Crippen LogP) is 10.9. The molecule has 2 aromatic rings. The number of ether oxygens (including phenoxy) is 2. The molecule has 0 saturated carbocycles. The van der Waals surface area contributed by atoms with Gasteiger partial charge in [-0.2, -0.15) is 0 Å². The second-order valence-electron chi connectivity index (χ2n) is 19.0. The van der Waals surface area contributed by atoms with Gasteiger partial charge in [-0.15, -0.1) is 0 Å². The van der Waals surface area contributed by atoms with Crippen LogP contribution in [-0.2, 0) is 38.2 Å². The summed E-state index contributed by atoms with van der Waals surface area (Å²) in [4.78, 5) is 87.3. The van der Waals surface area contributed by atoms with Crippen LogP contribution in [0.4, 0.5) is 11.4 Å². The second-order valence-corrected chi connectivity index (χ2v) is 19.0. The van der Waals surface area contributed by atoms with Gasteiger partial charge >= 0.3 is 11.9 Å². The van der Waals surface area contributed by atoms with Gasteiger partial charge in [-0.3, -0.25) is 38.9 Å². The first-order valence-electron chi connectivity index (χ1n) is 23.4. The van der Waals surface area contributed by atoms with E-state index >= 15 is 0 Å². The first-order chi connectivity index (χ1) is 33.1. The van der Waals surface area contributed by atoms with Crippen LogP contribution < -0.4 is 9.80 Å². The molecule has 4 atom stereocenters. The molecule has 0 bridgehead atoms. The van der Waals surface area contributed by atoms with E-state index in [9.17, 15) is 28.8 Å². The number of carbonyl (C=O) groups is 6. The zero-order valence-corrected chi connectivity index (χ0v) is 42.6. The summed E-state index contributed by atoms with van der Waals surface area (Å²) in [6, 6.07) is 4.79. The minimum atomic E-state index is -0.957. The number of allylic oxidation sites excluding steroid dienone is 20. The Hall–Kier alpha value is -7.34. The number of aromatic nitrogens is 2. The molecule has 2 amide bonds. The Bertz CT molecular complexity index is 2440. The molecule has 0 N–H and O–H groups in total. The standard InChI is InChI=1S/C58H68N4O8/c1-39(21-15-23-41(3)27-29-49-43(5)53(65)51(33-57(49,9)10)69-55(67)45(7)61(37-63)47-25-17-31-59-35-47)19-13-14-20-40(2)22-16-24-42(4)28-30-50-44(6)54(66)52(34-58(50,11)12)70-56(68)46(8)62(38-64)48-26-18-32-60-36-48/h13-32,35-38,45-46,51-52H,33-34H2,1-12H3/b14-13+,21-15+,22-16+,29-27+,30-28+,39-19+,40-20+,41-23+,42-24+/t45?,46?,51-,52?/m0/s1. The van der Waals surface area contributed by atoms with Crippen molar-refractivity contribution in [2.45, 2.75) is 120 Å². The highest BCUT2D eigenvalue weighted by molar-refractivity contribution is 6.03. The van der Waals surface area contributed by atoms with Crippen LogP contribution in [0.15, 0.2) is 179 Å². The van der Waals surface area contributed by atoms with Crippen molar-refractivity contribution in [3.8, 4) is 0 Å². The third-order valence-corrected chi connectivity index (χ3v) is 12.4. The van der Waals surface area contributed by atoms with E-state index in [2.05, 4.69) is 9.97 Å². The van der Waals surface area contributed by atoms with Crippen LogP contribution in [0.25, 0.3) is 0 Å². The number of hydrogen-bond donors (Lipinski definition) is 0. The van der Waals surface area contributed by atoms with Crippen LogP contribution in [0, 0.1) is 10.8 Å². The zero-order chi connectivity index (χ0) is 51.8. The number of rotatable bonds is 20. The van der Waals surface area contributed by atoms with Crippen LogP contribution in [0.1, 0.15) is 95.9 Å². The summed E-state index contributed by atoms with van der Waals surface area (Å²) >= 11 is 0. The molecule has 0 spiro atoms. The highest BCUT2D eigenvalue weighted by atomic mass is 16.6. The first-order valence-corrected chi connectivity index (χ1v) is 23.4. The molecule has 368 valence electrons. The Morgan fingerprint density at radius 3 is 1.27 bits per heavy atom. The van der Waals surface area contributed by atoms with Gasteiger partial charge in [-0.25, -0.2) is 9.59 Å². The number of amides is 2. The molecule has 2 aromatic heterocycles. The van der Waals surface area contributed by atoms with E-state index < -0.39 is 47.1 Å². The summed E-state index contributed by atoms with van der Waals surface area (Å²) in [5.41, 5.74) is 6.93. The molecule has 4 rings (SSSR count). The largest absolute Gasteiger partial charge is 0.452 e. The van der Waals surface area contributed by atoms with Crippen molar-refractivity contribution < 1.29 is 38.2 Å². The third-order valence-electron chi connectivity index (χ3n) is 12.4. The number of esters is 2. The molecule has 12 nitrogen and oxygen atoms in total. The van der Waals surface area contributed by atoms with Crippen molar-refractivity contribution in [3.63, 3.8) is 0 Å². The van der Waals surface area contributed by atoms with Gasteiger partial charge < -0.3 is 9.47 Å². The smallest absolute Gasteiger partial charge is 0.329 e. The zero-order valence-electron chi connectivity index (χ0n) is 42.6. The van der Waals surface area contributed by atoms with E-state index in [-0.39, 0.29) is 11.6 Å². The number of ketones is 2. The number of hydrogen-bond acceptors (Lipinski definition) is 10. The molecule has 2 heterocycles. The SMILES string of the molecule is CC1=C(/C=C/C(C)=C/C=C/C(C)=C/C=C/C=C(C)/C=C/C=C(C)/C=C/C2=C(C)C(=O)[C@@H](OC(=O)C(C)N(C=O)c3cccnc3)CC2(C)C)C(C)(C)CC(OC(=O)C(C)N(C=O)c2cccnc2)C1=O. The maximum Gasteiger partial charge on any atom is 0.329 e. The lowest BCUT2D eigenvalue weighted by Gasteiger charge is -2.37. The van der Waals surface area contributed by atoms with Gasteiger partial charge in [0.1, 0.15) is 12.1 Å². The van der Waals surface area contributed by atoms with Crippen molar-refractivity contribution in [3.05, 3.63) is 179 Å². The highest BCUT2D eigenvalue weighted by Gasteiger charge is 2.42. The average Bonchev–Trinajstić information content (AvgIpc) is 3.31. The molecule has 0 fully saturated rings. The number of nitrogens with zero attached hydrogens (tertiary/aromatic N) is 4. The van der Waals surface area contributed by atoms with Crippen molar-refractivity contribution in [2.24, 2.45) is 10.8 Å². The van der Waals surface area contributed by atoms with Crippen molar-refractivity contribution >= 4 is 47.7 Å². The molecule has 0 aromatic carbocycles. The molecule has 12 heteroatoms. The molecule has 2 aliphatic carbocycles. The van der Waals surface area contributed by atoms with Crippen LogP contribution in [0.2, 0.25) is 0 Å². The molecule has 3 unspecified atom stereocenters. The fourth-order valence-electron chi connectivity index (χ4n) is 8.23. The molecule has 70 heavy (non-hydrogen) atoms. The van der Waals surface area contributed by atoms with Gasteiger partial charge in [-0.1, -0.05) is 135 Å². The average molecular weight is 949 g/mol. The van der Waals surface area contributed by atoms with E-state index in [1.807, 2.05) is 140 Å². The normalized spacial score (nSPS) is 20.2. The van der Waals surface area contributed by atoms with E-state index in [1.54, 1.807) is 64.4 Å². The summed E-state index contributed by atoms with van der Waals surface area (Å²) < 4.78 is 11.4. The fraction of sp³-hybridized carbons (Fsp3) is 0.345.